The molecule has 0 aliphatic rings. The molecule has 1 aromatic heterocycles. The second-order valence-electron chi connectivity index (χ2n) is 3.09. The summed E-state index contributed by atoms with van der Waals surface area (Å²) >= 11 is 0. The highest BCUT2D eigenvalue weighted by molar-refractivity contribution is 4.92. The van der Waals surface area contributed by atoms with Crippen LogP contribution in [0.3, 0.4) is 0 Å². The van der Waals surface area contributed by atoms with Gasteiger partial charge in [0, 0.05) is 13.5 Å². The summed E-state index contributed by atoms with van der Waals surface area (Å²) in [4.78, 5) is 4.03. The van der Waals surface area contributed by atoms with E-state index in [1.54, 1.807) is 7.11 Å². The lowest BCUT2D eigenvalue weighted by molar-refractivity contribution is 0.116. The zero-order valence-corrected chi connectivity index (χ0v) is 8.30. The minimum atomic E-state index is -0.603. The van der Waals surface area contributed by atoms with Gasteiger partial charge in [0.25, 0.3) is 0 Å². The Bertz CT molecular complexity index is 277. The Morgan fingerprint density at radius 3 is 2.93 bits per heavy atom. The van der Waals surface area contributed by atoms with Crippen molar-refractivity contribution >= 4 is 0 Å². The smallest absolute Gasteiger partial charge is 0.245 e. The Labute approximate surface area is 82.1 Å². The summed E-state index contributed by atoms with van der Waals surface area (Å²) in [6.45, 7) is 1.70. The van der Waals surface area contributed by atoms with Gasteiger partial charge in [-0.2, -0.15) is 4.98 Å². The van der Waals surface area contributed by atoms with E-state index in [4.69, 9.17) is 20.1 Å². The summed E-state index contributed by atoms with van der Waals surface area (Å²) in [6.07, 6.45) is 0.601. The molecule has 0 aliphatic carbocycles. The number of rotatable bonds is 5. The number of methoxy groups -OCH3 is 1. The summed E-state index contributed by atoms with van der Waals surface area (Å²) in [5.74, 6) is 0.795. The number of hydrogen-bond acceptors (Lipinski definition) is 6. The molecule has 14 heavy (non-hydrogen) atoms. The van der Waals surface area contributed by atoms with Gasteiger partial charge in [-0.3, -0.25) is 0 Å². The van der Waals surface area contributed by atoms with Gasteiger partial charge < -0.3 is 20.1 Å². The van der Waals surface area contributed by atoms with E-state index in [0.29, 0.717) is 12.2 Å². The van der Waals surface area contributed by atoms with Crippen molar-refractivity contribution in [3.05, 3.63) is 11.7 Å². The van der Waals surface area contributed by atoms with E-state index in [9.17, 15) is 0 Å². The van der Waals surface area contributed by atoms with E-state index in [1.165, 1.54) is 0 Å². The van der Waals surface area contributed by atoms with Gasteiger partial charge in [-0.25, -0.2) is 0 Å². The molecule has 0 bridgehead atoms. The molecule has 0 amide bonds. The van der Waals surface area contributed by atoms with Gasteiger partial charge in [-0.05, 0) is 6.92 Å². The van der Waals surface area contributed by atoms with Gasteiger partial charge in [0.2, 0.25) is 5.89 Å². The first-order valence-electron chi connectivity index (χ1n) is 4.39. The molecule has 80 valence electrons. The Hall–Kier alpha value is -0.980. The van der Waals surface area contributed by atoms with Gasteiger partial charge >= 0.3 is 0 Å². The molecule has 0 spiro atoms. The van der Waals surface area contributed by atoms with Crippen LogP contribution >= 0.6 is 0 Å². The maximum atomic E-state index is 8.75. The first-order chi connectivity index (χ1) is 6.67. The zero-order chi connectivity index (χ0) is 10.6. The highest BCUT2D eigenvalue weighted by atomic mass is 16.5. The lowest BCUT2D eigenvalue weighted by Gasteiger charge is -2.04. The van der Waals surface area contributed by atoms with E-state index >= 15 is 0 Å². The molecule has 0 saturated heterocycles. The third-order valence-electron chi connectivity index (χ3n) is 1.87. The van der Waals surface area contributed by atoms with Crippen molar-refractivity contribution in [1.29, 1.82) is 0 Å². The van der Waals surface area contributed by atoms with Crippen LogP contribution in [0.2, 0.25) is 0 Å². The van der Waals surface area contributed by atoms with Crippen molar-refractivity contribution < 1.29 is 14.4 Å². The van der Waals surface area contributed by atoms with Crippen molar-refractivity contribution in [1.82, 2.24) is 10.1 Å². The molecule has 1 heterocycles. The second kappa shape index (κ2) is 5.04. The van der Waals surface area contributed by atoms with Gasteiger partial charge in [0.15, 0.2) is 5.82 Å². The fraction of sp³-hybridized carbons (Fsp3) is 0.750. The Morgan fingerprint density at radius 2 is 2.36 bits per heavy atom. The number of aliphatic hydroxyl groups is 1. The molecule has 6 nitrogen and oxygen atoms in total. The average molecular weight is 201 g/mol. The van der Waals surface area contributed by atoms with Crippen molar-refractivity contribution in [2.75, 3.05) is 13.7 Å². The molecule has 0 radical (unpaired) electrons. The van der Waals surface area contributed by atoms with E-state index in [-0.39, 0.29) is 18.6 Å². The summed E-state index contributed by atoms with van der Waals surface area (Å²) < 4.78 is 9.91. The molecule has 3 N–H and O–H groups in total. The summed E-state index contributed by atoms with van der Waals surface area (Å²) in [5, 5.41) is 12.5. The minimum Gasteiger partial charge on any atom is -0.394 e. The largest absolute Gasteiger partial charge is 0.394 e. The first-order valence-corrected chi connectivity index (χ1v) is 4.39. The van der Waals surface area contributed by atoms with Crippen molar-refractivity contribution in [2.45, 2.75) is 25.5 Å². The first kappa shape index (κ1) is 11.1. The SMILES string of the molecule is COC(C)Cc1noc(C(N)CO)n1. The maximum absolute atomic E-state index is 8.75. The monoisotopic (exact) mass is 201 g/mol. The predicted molar refractivity (Wildman–Crippen MR) is 48.5 cm³/mol. The van der Waals surface area contributed by atoms with Crippen LogP contribution in [0.5, 0.6) is 0 Å². The molecule has 0 fully saturated rings. The topological polar surface area (TPSA) is 94.4 Å². The third kappa shape index (κ3) is 2.76. The van der Waals surface area contributed by atoms with Gasteiger partial charge in [-0.1, -0.05) is 5.16 Å². The molecular weight excluding hydrogens is 186 g/mol. The fourth-order valence-corrected chi connectivity index (χ4v) is 0.920. The van der Waals surface area contributed by atoms with Crippen LogP contribution in [0.25, 0.3) is 0 Å². The summed E-state index contributed by atoms with van der Waals surface area (Å²) in [7, 11) is 1.62. The number of aliphatic hydroxyl groups excluding tert-OH is 1. The minimum absolute atomic E-state index is 0.0331. The molecular formula is C8H15N3O3. The quantitative estimate of drug-likeness (QED) is 0.675. The second-order valence-corrected chi connectivity index (χ2v) is 3.09. The van der Waals surface area contributed by atoms with Crippen molar-refractivity contribution in [2.24, 2.45) is 5.73 Å². The van der Waals surface area contributed by atoms with Gasteiger partial charge in [-0.15, -0.1) is 0 Å². The third-order valence-corrected chi connectivity index (χ3v) is 1.87. The molecule has 1 rings (SSSR count). The Balaban J connectivity index is 2.59. The Kier molecular flexibility index (Phi) is 3.99. The molecule has 0 saturated carbocycles. The van der Waals surface area contributed by atoms with Crippen LogP contribution in [0, 0.1) is 0 Å². The molecule has 0 aliphatic heterocycles. The number of nitrogens with two attached hydrogens (primary N) is 1. The lowest BCUT2D eigenvalue weighted by atomic mass is 10.3. The maximum Gasteiger partial charge on any atom is 0.245 e. The van der Waals surface area contributed by atoms with Crippen LogP contribution in [0.1, 0.15) is 24.7 Å². The van der Waals surface area contributed by atoms with Crippen LogP contribution in [0.4, 0.5) is 0 Å². The van der Waals surface area contributed by atoms with Crippen LogP contribution in [-0.4, -0.2) is 35.1 Å². The molecule has 2 atom stereocenters. The normalized spacial score (nSPS) is 15.4. The van der Waals surface area contributed by atoms with E-state index in [0.717, 1.165) is 0 Å². The predicted octanol–water partition coefficient (Wildman–Crippen LogP) is -0.361. The zero-order valence-electron chi connectivity index (χ0n) is 8.30. The van der Waals surface area contributed by atoms with Crippen LogP contribution in [0.15, 0.2) is 4.52 Å². The van der Waals surface area contributed by atoms with Crippen LogP contribution < -0.4 is 5.73 Å². The highest BCUT2D eigenvalue weighted by Crippen LogP contribution is 2.08. The standard InChI is InChI=1S/C8H15N3O3/c1-5(13-2)3-7-10-8(14-11-7)6(9)4-12/h5-6,12H,3-4,9H2,1-2H3. The summed E-state index contributed by atoms with van der Waals surface area (Å²) in [5.41, 5.74) is 5.49. The molecule has 6 heteroatoms. The molecule has 1 aromatic rings. The van der Waals surface area contributed by atoms with E-state index < -0.39 is 6.04 Å². The molecule has 0 aromatic carbocycles. The average Bonchev–Trinajstić information content (AvgIpc) is 2.65. The highest BCUT2D eigenvalue weighted by Gasteiger charge is 2.14. The fourth-order valence-electron chi connectivity index (χ4n) is 0.920. The van der Waals surface area contributed by atoms with Gasteiger partial charge in [0.1, 0.15) is 6.04 Å². The number of nitrogens with zero attached hydrogens (tertiary/aromatic N) is 2. The van der Waals surface area contributed by atoms with E-state index in [2.05, 4.69) is 10.1 Å². The number of ether oxygens (including phenoxy) is 1. The number of hydrogen-bond donors (Lipinski definition) is 2. The van der Waals surface area contributed by atoms with Gasteiger partial charge in [0.05, 0.1) is 12.7 Å². The number of aromatic nitrogens is 2. The summed E-state index contributed by atoms with van der Waals surface area (Å²) in [6, 6.07) is -0.603. The molecule has 2 unspecified atom stereocenters. The lowest BCUT2D eigenvalue weighted by Crippen LogP contribution is -2.15. The van der Waals surface area contributed by atoms with E-state index in [1.807, 2.05) is 6.92 Å². The van der Waals surface area contributed by atoms with Crippen LogP contribution in [-0.2, 0) is 11.2 Å². The van der Waals surface area contributed by atoms with Crippen molar-refractivity contribution in [3.63, 3.8) is 0 Å². The Morgan fingerprint density at radius 1 is 1.64 bits per heavy atom. The van der Waals surface area contributed by atoms with Crippen molar-refractivity contribution in [3.8, 4) is 0 Å².